The molecule has 0 unspecified atom stereocenters. The third kappa shape index (κ3) is 6.31. The van der Waals surface area contributed by atoms with Crippen LogP contribution in [0.25, 0.3) is 0 Å². The zero-order chi connectivity index (χ0) is 8.91. The quantitative estimate of drug-likeness (QED) is 0.386. The van der Waals surface area contributed by atoms with E-state index < -0.39 is 13.3 Å². The summed E-state index contributed by atoms with van der Waals surface area (Å²) < 4.78 is 3.39. The van der Waals surface area contributed by atoms with Gasteiger partial charge in [-0.1, -0.05) is 0 Å². The Labute approximate surface area is 73.5 Å². The van der Waals surface area contributed by atoms with Crippen molar-refractivity contribution in [3.05, 3.63) is 0 Å². The molecule has 64 valence electrons. The van der Waals surface area contributed by atoms with Crippen LogP contribution in [0.4, 0.5) is 0 Å². The summed E-state index contributed by atoms with van der Waals surface area (Å²) in [6, 6.07) is 3.23. The van der Waals surface area contributed by atoms with Gasteiger partial charge in [-0.25, -0.2) is 0 Å². The standard InChI is InChI=1S/C9H19GeN/c1-6-11(7-2)9-8-10(3,4)5/h6-7H2,1-5H3. The van der Waals surface area contributed by atoms with E-state index in [2.05, 4.69) is 46.8 Å². The Hall–Kier alpha value is -0.0971. The molecule has 0 rings (SSSR count). The van der Waals surface area contributed by atoms with Crippen LogP contribution in [0.5, 0.6) is 0 Å². The van der Waals surface area contributed by atoms with E-state index in [1.807, 2.05) is 0 Å². The van der Waals surface area contributed by atoms with Gasteiger partial charge >= 0.3 is 73.2 Å². The molecule has 0 aromatic rings. The second kappa shape index (κ2) is 4.71. The van der Waals surface area contributed by atoms with Crippen LogP contribution in [0.1, 0.15) is 13.8 Å². The van der Waals surface area contributed by atoms with E-state index in [9.17, 15) is 0 Å². The van der Waals surface area contributed by atoms with Crippen LogP contribution in [-0.4, -0.2) is 31.3 Å². The predicted molar refractivity (Wildman–Crippen MR) is 54.0 cm³/mol. The Morgan fingerprint density at radius 1 is 1.09 bits per heavy atom. The molecule has 0 N–H and O–H groups in total. The van der Waals surface area contributed by atoms with E-state index in [1.165, 1.54) is 0 Å². The topological polar surface area (TPSA) is 3.24 Å². The summed E-state index contributed by atoms with van der Waals surface area (Å²) >= 11 is -1.60. The second-order valence-corrected chi connectivity index (χ2v) is 13.6. The van der Waals surface area contributed by atoms with Gasteiger partial charge < -0.3 is 0 Å². The molecule has 2 heteroatoms. The van der Waals surface area contributed by atoms with Crippen molar-refractivity contribution in [2.45, 2.75) is 31.1 Å². The van der Waals surface area contributed by atoms with Crippen LogP contribution in [0, 0.1) is 10.8 Å². The molecule has 0 heterocycles. The van der Waals surface area contributed by atoms with Crippen molar-refractivity contribution in [1.29, 1.82) is 0 Å². The maximum atomic E-state index is 3.39. The van der Waals surface area contributed by atoms with Crippen molar-refractivity contribution < 1.29 is 0 Å². The van der Waals surface area contributed by atoms with Crippen molar-refractivity contribution in [3.63, 3.8) is 0 Å². The molecule has 0 atom stereocenters. The molecule has 0 radical (unpaired) electrons. The summed E-state index contributed by atoms with van der Waals surface area (Å²) in [7, 11) is 0. The van der Waals surface area contributed by atoms with Gasteiger partial charge in [0, 0.05) is 0 Å². The summed E-state index contributed by atoms with van der Waals surface area (Å²) in [6.45, 7) is 6.38. The van der Waals surface area contributed by atoms with Gasteiger partial charge in [0.25, 0.3) is 0 Å². The van der Waals surface area contributed by atoms with Crippen molar-refractivity contribution in [2.24, 2.45) is 0 Å². The Kier molecular flexibility index (Phi) is 4.67. The first-order valence-electron chi connectivity index (χ1n) is 4.27. The molecule has 0 aromatic carbocycles. The summed E-state index contributed by atoms with van der Waals surface area (Å²) in [5.74, 6) is 6.95. The molecular formula is C9H19GeN. The Morgan fingerprint density at radius 2 is 1.55 bits per heavy atom. The Balaban J connectivity index is 4.04. The monoisotopic (exact) mass is 215 g/mol. The normalized spacial score (nSPS) is 10.3. The third-order valence-electron chi connectivity index (χ3n) is 1.35. The van der Waals surface area contributed by atoms with Gasteiger partial charge in [0.2, 0.25) is 0 Å². The molecule has 11 heavy (non-hydrogen) atoms. The molecule has 0 spiro atoms. The van der Waals surface area contributed by atoms with Gasteiger partial charge in [-0.05, 0) is 0 Å². The average Bonchev–Trinajstić information content (AvgIpc) is 1.88. The van der Waals surface area contributed by atoms with Gasteiger partial charge in [-0.2, -0.15) is 0 Å². The van der Waals surface area contributed by atoms with Crippen molar-refractivity contribution in [3.8, 4) is 10.8 Å². The minimum absolute atomic E-state index is 1.04. The number of hydrogen-bond donors (Lipinski definition) is 0. The first kappa shape index (κ1) is 10.9. The Bertz CT molecular complexity index is 155. The molecule has 1 nitrogen and oxygen atoms in total. The summed E-state index contributed by atoms with van der Waals surface area (Å²) in [5.41, 5.74) is 0. The first-order chi connectivity index (χ1) is 4.99. The van der Waals surface area contributed by atoms with Gasteiger partial charge in [-0.3, -0.25) is 0 Å². The van der Waals surface area contributed by atoms with E-state index >= 15 is 0 Å². The van der Waals surface area contributed by atoms with Crippen LogP contribution < -0.4 is 0 Å². The van der Waals surface area contributed by atoms with E-state index in [4.69, 9.17) is 0 Å². The predicted octanol–water partition coefficient (Wildman–Crippen LogP) is 2.17. The fourth-order valence-electron chi connectivity index (χ4n) is 0.628. The summed E-state index contributed by atoms with van der Waals surface area (Å²) in [4.78, 5) is 2.16. The van der Waals surface area contributed by atoms with Gasteiger partial charge in [0.15, 0.2) is 0 Å². The zero-order valence-corrected chi connectivity index (χ0v) is 10.5. The van der Waals surface area contributed by atoms with Crippen molar-refractivity contribution in [1.82, 2.24) is 4.90 Å². The Morgan fingerprint density at radius 3 is 1.82 bits per heavy atom. The third-order valence-corrected chi connectivity index (χ3v) is 3.16. The van der Waals surface area contributed by atoms with Crippen LogP contribution in [-0.2, 0) is 0 Å². The first-order valence-corrected chi connectivity index (χ1v) is 11.6. The zero-order valence-electron chi connectivity index (χ0n) is 8.36. The number of rotatable bonds is 2. The van der Waals surface area contributed by atoms with E-state index in [0.717, 1.165) is 13.1 Å². The van der Waals surface area contributed by atoms with Crippen LogP contribution in [0.15, 0.2) is 0 Å². The fourth-order valence-corrected chi connectivity index (χ4v) is 1.66. The molecule has 0 aliphatic heterocycles. The van der Waals surface area contributed by atoms with E-state index in [0.29, 0.717) is 0 Å². The summed E-state index contributed by atoms with van der Waals surface area (Å²) in [5, 5.41) is 0. The molecule has 0 aliphatic rings. The molecule has 0 fully saturated rings. The number of nitrogens with zero attached hydrogens (tertiary/aromatic N) is 1. The molecule has 0 amide bonds. The molecule has 0 saturated carbocycles. The number of hydrogen-bond acceptors (Lipinski definition) is 1. The molecule has 0 saturated heterocycles. The minimum atomic E-state index is -1.60. The SMILES string of the molecule is CCN(C#[C][Ge]([CH3])([CH3])[CH3])CC. The average molecular weight is 214 g/mol. The molecule has 0 bridgehead atoms. The van der Waals surface area contributed by atoms with Crippen LogP contribution >= 0.6 is 0 Å². The second-order valence-electron chi connectivity index (χ2n) is 3.66. The van der Waals surface area contributed by atoms with Crippen LogP contribution in [0.2, 0.25) is 17.3 Å². The molecular weight excluding hydrogens is 195 g/mol. The maximum absolute atomic E-state index is 3.39. The summed E-state index contributed by atoms with van der Waals surface area (Å²) in [6.07, 6.45) is 0. The molecule has 0 aliphatic carbocycles. The van der Waals surface area contributed by atoms with Gasteiger partial charge in [0.05, 0.1) is 0 Å². The van der Waals surface area contributed by atoms with Gasteiger partial charge in [-0.15, -0.1) is 0 Å². The van der Waals surface area contributed by atoms with Crippen molar-refractivity contribution >= 4 is 13.3 Å². The molecule has 0 aromatic heterocycles. The van der Waals surface area contributed by atoms with Crippen LogP contribution in [0.3, 0.4) is 0 Å². The fraction of sp³-hybridized carbons (Fsp3) is 0.778. The van der Waals surface area contributed by atoms with Gasteiger partial charge in [0.1, 0.15) is 0 Å². The van der Waals surface area contributed by atoms with E-state index in [-0.39, 0.29) is 0 Å². The van der Waals surface area contributed by atoms with Crippen molar-refractivity contribution in [2.75, 3.05) is 13.1 Å². The van der Waals surface area contributed by atoms with E-state index in [1.54, 1.807) is 0 Å².